The van der Waals surface area contributed by atoms with Crippen LogP contribution in [0.15, 0.2) is 65.3 Å². The minimum absolute atomic E-state index is 0.0873. The topological polar surface area (TPSA) is 77.6 Å². The summed E-state index contributed by atoms with van der Waals surface area (Å²) in [7, 11) is 0. The average Bonchev–Trinajstić information content (AvgIpc) is 3.24. The Hall–Kier alpha value is -3.00. The van der Waals surface area contributed by atoms with Crippen molar-refractivity contribution in [3.8, 4) is 0 Å². The molecule has 0 aliphatic heterocycles. The third-order valence-electron chi connectivity index (χ3n) is 3.94. The van der Waals surface area contributed by atoms with Gasteiger partial charge >= 0.3 is 0 Å². The first-order valence-electron chi connectivity index (χ1n) is 8.03. The molecule has 0 bridgehead atoms. The summed E-state index contributed by atoms with van der Waals surface area (Å²) in [5.41, 5.74) is 2.68. The fourth-order valence-corrected chi connectivity index (χ4v) is 2.94. The van der Waals surface area contributed by atoms with E-state index in [1.807, 2.05) is 48.5 Å². The number of fused-ring (bicyclic) bond motifs is 1. The minimum Gasteiger partial charge on any atom is -0.309 e. The molecule has 8 heteroatoms. The lowest BCUT2D eigenvalue weighted by molar-refractivity contribution is -0.116. The van der Waals surface area contributed by atoms with Gasteiger partial charge in [0.25, 0.3) is 0 Å². The number of aromatic nitrogens is 5. The molecule has 0 radical (unpaired) electrons. The predicted octanol–water partition coefficient (Wildman–Crippen LogP) is 3.08. The number of carbonyl (C=O) groups excluding carboxylic acids is 1. The lowest BCUT2D eigenvalue weighted by Gasteiger charge is -2.09. The lowest BCUT2D eigenvalue weighted by Crippen LogP contribution is -2.21. The molecular formula is C18H15BrN6O. The summed E-state index contributed by atoms with van der Waals surface area (Å²) < 4.78 is 4.36. The summed E-state index contributed by atoms with van der Waals surface area (Å²) in [6.45, 7) is 0.659. The monoisotopic (exact) mass is 410 g/mol. The SMILES string of the molecule is O=C(Cn1nnc2ccccc21)Nc1ccnn1Cc1ccc(Br)cc1. The van der Waals surface area contributed by atoms with Gasteiger partial charge in [-0.15, -0.1) is 5.10 Å². The van der Waals surface area contributed by atoms with Gasteiger partial charge in [-0.1, -0.05) is 45.4 Å². The second-order valence-corrected chi connectivity index (χ2v) is 6.70. The zero-order chi connectivity index (χ0) is 17.9. The Kier molecular flexibility index (Phi) is 4.49. The standard InChI is InChI=1S/C18H15BrN6O/c19-14-7-5-13(6-8-14)11-25-17(9-10-20-25)21-18(26)12-24-16-4-2-1-3-15(16)22-23-24/h1-10H,11-12H2,(H,21,26). The van der Waals surface area contributed by atoms with E-state index in [4.69, 9.17) is 0 Å². The smallest absolute Gasteiger partial charge is 0.247 e. The zero-order valence-corrected chi connectivity index (χ0v) is 15.3. The molecule has 0 fully saturated rings. The Balaban J connectivity index is 1.46. The second kappa shape index (κ2) is 7.09. The van der Waals surface area contributed by atoms with Crippen molar-refractivity contribution in [2.45, 2.75) is 13.1 Å². The molecule has 26 heavy (non-hydrogen) atoms. The Bertz CT molecular complexity index is 1050. The van der Waals surface area contributed by atoms with Gasteiger partial charge < -0.3 is 5.32 Å². The van der Waals surface area contributed by atoms with E-state index in [0.29, 0.717) is 12.4 Å². The molecular weight excluding hydrogens is 396 g/mol. The number of hydrogen-bond acceptors (Lipinski definition) is 4. The maximum Gasteiger partial charge on any atom is 0.247 e. The number of amides is 1. The number of anilines is 1. The van der Waals surface area contributed by atoms with Crippen LogP contribution >= 0.6 is 15.9 Å². The van der Waals surface area contributed by atoms with Gasteiger partial charge in [-0.25, -0.2) is 9.36 Å². The van der Waals surface area contributed by atoms with E-state index in [1.165, 1.54) is 0 Å². The molecule has 4 rings (SSSR count). The van der Waals surface area contributed by atoms with E-state index in [-0.39, 0.29) is 12.5 Å². The predicted molar refractivity (Wildman–Crippen MR) is 102 cm³/mol. The molecule has 2 heterocycles. The Labute approximate surface area is 157 Å². The highest BCUT2D eigenvalue weighted by molar-refractivity contribution is 9.10. The highest BCUT2D eigenvalue weighted by Gasteiger charge is 2.11. The van der Waals surface area contributed by atoms with Crippen LogP contribution in [0.1, 0.15) is 5.56 Å². The van der Waals surface area contributed by atoms with Crippen LogP contribution in [0, 0.1) is 0 Å². The van der Waals surface area contributed by atoms with Crippen molar-refractivity contribution in [2.24, 2.45) is 0 Å². The van der Waals surface area contributed by atoms with Gasteiger partial charge in [0.2, 0.25) is 5.91 Å². The number of carbonyl (C=O) groups is 1. The molecule has 2 aromatic heterocycles. The summed E-state index contributed by atoms with van der Waals surface area (Å²) in [5, 5.41) is 15.3. The highest BCUT2D eigenvalue weighted by Crippen LogP contribution is 2.14. The summed E-state index contributed by atoms with van der Waals surface area (Å²) in [6, 6.07) is 17.3. The van der Waals surface area contributed by atoms with Gasteiger partial charge in [0.1, 0.15) is 17.9 Å². The molecule has 4 aromatic rings. The van der Waals surface area contributed by atoms with Gasteiger partial charge in [0, 0.05) is 10.5 Å². The Morgan fingerprint density at radius 1 is 1.04 bits per heavy atom. The van der Waals surface area contributed by atoms with Gasteiger partial charge in [0.15, 0.2) is 0 Å². The van der Waals surface area contributed by atoms with Gasteiger partial charge in [0.05, 0.1) is 18.3 Å². The maximum absolute atomic E-state index is 12.4. The molecule has 0 atom stereocenters. The van der Waals surface area contributed by atoms with Crippen molar-refractivity contribution < 1.29 is 4.79 Å². The summed E-state index contributed by atoms with van der Waals surface area (Å²) in [4.78, 5) is 12.4. The highest BCUT2D eigenvalue weighted by atomic mass is 79.9. The first-order chi connectivity index (χ1) is 12.7. The van der Waals surface area contributed by atoms with Crippen molar-refractivity contribution in [1.82, 2.24) is 24.8 Å². The van der Waals surface area contributed by atoms with E-state index in [0.717, 1.165) is 21.1 Å². The number of rotatable bonds is 5. The quantitative estimate of drug-likeness (QED) is 0.548. The molecule has 0 saturated heterocycles. The maximum atomic E-state index is 12.4. The van der Waals surface area contributed by atoms with Crippen LogP contribution in [0.5, 0.6) is 0 Å². The molecule has 1 amide bonds. The van der Waals surface area contributed by atoms with E-state index in [1.54, 1.807) is 21.6 Å². The molecule has 0 spiro atoms. The van der Waals surface area contributed by atoms with Crippen LogP contribution in [0.4, 0.5) is 5.82 Å². The van der Waals surface area contributed by atoms with Gasteiger partial charge in [-0.3, -0.25) is 4.79 Å². The van der Waals surface area contributed by atoms with E-state index < -0.39 is 0 Å². The van der Waals surface area contributed by atoms with Crippen LogP contribution in [-0.2, 0) is 17.9 Å². The minimum atomic E-state index is -0.182. The molecule has 2 aromatic carbocycles. The number of nitrogens with one attached hydrogen (secondary N) is 1. The number of para-hydroxylation sites is 1. The molecule has 0 unspecified atom stereocenters. The summed E-state index contributed by atoms with van der Waals surface area (Å²) in [5.74, 6) is 0.459. The number of hydrogen-bond donors (Lipinski definition) is 1. The summed E-state index contributed by atoms with van der Waals surface area (Å²) in [6.07, 6.45) is 1.67. The van der Waals surface area contributed by atoms with Crippen LogP contribution in [0.25, 0.3) is 11.0 Å². The number of halogens is 1. The third kappa shape index (κ3) is 3.50. The normalized spacial score (nSPS) is 11.0. The Morgan fingerprint density at radius 2 is 1.85 bits per heavy atom. The fraction of sp³-hybridized carbons (Fsp3) is 0.111. The molecule has 0 aliphatic carbocycles. The molecule has 0 saturated carbocycles. The number of nitrogens with zero attached hydrogens (tertiary/aromatic N) is 5. The first kappa shape index (κ1) is 16.5. The van der Waals surface area contributed by atoms with Crippen LogP contribution in [0.3, 0.4) is 0 Å². The fourth-order valence-electron chi connectivity index (χ4n) is 2.68. The van der Waals surface area contributed by atoms with Gasteiger partial charge in [-0.2, -0.15) is 5.10 Å². The average molecular weight is 411 g/mol. The van der Waals surface area contributed by atoms with Crippen molar-refractivity contribution in [1.29, 1.82) is 0 Å². The van der Waals surface area contributed by atoms with E-state index in [2.05, 4.69) is 36.7 Å². The second-order valence-electron chi connectivity index (χ2n) is 5.78. The molecule has 7 nitrogen and oxygen atoms in total. The molecule has 0 aliphatic rings. The first-order valence-corrected chi connectivity index (χ1v) is 8.83. The van der Waals surface area contributed by atoms with E-state index in [9.17, 15) is 4.79 Å². The van der Waals surface area contributed by atoms with Gasteiger partial charge in [-0.05, 0) is 29.8 Å². The molecule has 1 N–H and O–H groups in total. The van der Waals surface area contributed by atoms with Crippen molar-refractivity contribution >= 4 is 38.7 Å². The number of benzene rings is 2. The van der Waals surface area contributed by atoms with Crippen LogP contribution in [-0.4, -0.2) is 30.7 Å². The largest absolute Gasteiger partial charge is 0.309 e. The van der Waals surface area contributed by atoms with Crippen LogP contribution < -0.4 is 5.32 Å². The summed E-state index contributed by atoms with van der Waals surface area (Å²) >= 11 is 3.42. The third-order valence-corrected chi connectivity index (χ3v) is 4.47. The Morgan fingerprint density at radius 3 is 2.69 bits per heavy atom. The molecule has 130 valence electrons. The lowest BCUT2D eigenvalue weighted by atomic mass is 10.2. The van der Waals surface area contributed by atoms with E-state index >= 15 is 0 Å². The van der Waals surface area contributed by atoms with Crippen LogP contribution in [0.2, 0.25) is 0 Å². The van der Waals surface area contributed by atoms with Crippen molar-refractivity contribution in [2.75, 3.05) is 5.32 Å². The zero-order valence-electron chi connectivity index (χ0n) is 13.7. The van der Waals surface area contributed by atoms with Crippen molar-refractivity contribution in [3.05, 3.63) is 70.8 Å². The van der Waals surface area contributed by atoms with Crippen molar-refractivity contribution in [3.63, 3.8) is 0 Å².